The summed E-state index contributed by atoms with van der Waals surface area (Å²) >= 11 is 0. The Bertz CT molecular complexity index is 375. The lowest BCUT2D eigenvalue weighted by Gasteiger charge is -2.22. The van der Waals surface area contributed by atoms with Gasteiger partial charge < -0.3 is 10.5 Å². The second-order valence-corrected chi connectivity index (χ2v) is 4.79. The van der Waals surface area contributed by atoms with E-state index in [0.717, 1.165) is 5.69 Å². The van der Waals surface area contributed by atoms with Crippen LogP contribution in [0.4, 0.5) is 5.82 Å². The smallest absolute Gasteiger partial charge is 0.159 e. The normalized spacial score (nSPS) is 19.2. The molecule has 1 aromatic rings. The largest absolute Gasteiger partial charge is 0.384 e. The number of nitrogen functional groups attached to an aromatic ring is 1. The summed E-state index contributed by atoms with van der Waals surface area (Å²) in [5, 5.41) is 0. The van der Waals surface area contributed by atoms with Crippen molar-refractivity contribution in [3.8, 4) is 0 Å². The zero-order chi connectivity index (χ0) is 12.3. The number of hydrogen-bond acceptors (Lipinski definition) is 4. The molecule has 2 rings (SSSR count). The van der Waals surface area contributed by atoms with Gasteiger partial charge in [-0.05, 0) is 19.8 Å². The number of ether oxygens (including phenoxy) is 1. The Morgan fingerprint density at radius 2 is 2.00 bits per heavy atom. The fourth-order valence-electron chi connectivity index (χ4n) is 2.40. The van der Waals surface area contributed by atoms with E-state index in [9.17, 15) is 0 Å². The lowest BCUT2D eigenvalue weighted by molar-refractivity contribution is 0.112. The van der Waals surface area contributed by atoms with Crippen LogP contribution in [0, 0.1) is 0 Å². The zero-order valence-corrected chi connectivity index (χ0v) is 10.6. The van der Waals surface area contributed by atoms with E-state index in [2.05, 4.69) is 9.97 Å². The monoisotopic (exact) mass is 235 g/mol. The van der Waals surface area contributed by atoms with Gasteiger partial charge in [0.15, 0.2) is 5.82 Å². The van der Waals surface area contributed by atoms with Crippen LogP contribution in [-0.2, 0) is 4.74 Å². The molecule has 17 heavy (non-hydrogen) atoms. The Morgan fingerprint density at radius 1 is 1.29 bits per heavy atom. The van der Waals surface area contributed by atoms with Gasteiger partial charge in [0.2, 0.25) is 0 Å². The van der Waals surface area contributed by atoms with Gasteiger partial charge in [-0.15, -0.1) is 0 Å². The van der Waals surface area contributed by atoms with Crippen molar-refractivity contribution in [3.63, 3.8) is 0 Å². The first-order chi connectivity index (χ1) is 8.20. The maximum absolute atomic E-state index is 5.85. The van der Waals surface area contributed by atoms with Gasteiger partial charge in [-0.3, -0.25) is 0 Å². The molecule has 4 heteroatoms. The molecule has 0 aromatic carbocycles. The van der Waals surface area contributed by atoms with E-state index >= 15 is 0 Å². The topological polar surface area (TPSA) is 61.0 Å². The molecule has 0 saturated heterocycles. The van der Waals surface area contributed by atoms with E-state index in [1.807, 2.05) is 13.0 Å². The molecule has 1 heterocycles. The molecule has 2 N–H and O–H groups in total. The van der Waals surface area contributed by atoms with E-state index in [1.54, 1.807) is 7.11 Å². The highest BCUT2D eigenvalue weighted by Crippen LogP contribution is 2.32. The van der Waals surface area contributed by atoms with Gasteiger partial charge in [0.1, 0.15) is 11.9 Å². The maximum atomic E-state index is 5.85. The third-order valence-electron chi connectivity index (χ3n) is 3.52. The summed E-state index contributed by atoms with van der Waals surface area (Å²) in [6.45, 7) is 1.94. The number of hydrogen-bond donors (Lipinski definition) is 1. The number of methoxy groups -OCH3 is 1. The molecule has 1 saturated carbocycles. The lowest BCUT2D eigenvalue weighted by Crippen LogP contribution is -2.12. The molecule has 1 aromatic heterocycles. The molecule has 1 aliphatic rings. The van der Waals surface area contributed by atoms with Crippen LogP contribution < -0.4 is 5.73 Å². The van der Waals surface area contributed by atoms with Crippen LogP contribution >= 0.6 is 0 Å². The summed E-state index contributed by atoms with van der Waals surface area (Å²) in [6.07, 6.45) is 6.28. The Labute approximate surface area is 103 Å². The summed E-state index contributed by atoms with van der Waals surface area (Å²) in [7, 11) is 1.66. The Morgan fingerprint density at radius 3 is 2.65 bits per heavy atom. The SMILES string of the molecule is COC(C)c1nc(N)cc(C2CCCCC2)n1. The van der Waals surface area contributed by atoms with Gasteiger partial charge in [-0.25, -0.2) is 9.97 Å². The van der Waals surface area contributed by atoms with Crippen LogP contribution in [0.5, 0.6) is 0 Å². The third kappa shape index (κ3) is 2.94. The molecule has 1 unspecified atom stereocenters. The predicted octanol–water partition coefficient (Wildman–Crippen LogP) is 2.81. The fourth-order valence-corrected chi connectivity index (χ4v) is 2.40. The minimum atomic E-state index is -0.0964. The van der Waals surface area contributed by atoms with Gasteiger partial charge in [-0.2, -0.15) is 0 Å². The molecule has 0 spiro atoms. The van der Waals surface area contributed by atoms with Crippen LogP contribution in [0.25, 0.3) is 0 Å². The maximum Gasteiger partial charge on any atom is 0.159 e. The van der Waals surface area contributed by atoms with E-state index in [4.69, 9.17) is 10.5 Å². The Hall–Kier alpha value is -1.16. The lowest BCUT2D eigenvalue weighted by atomic mass is 9.87. The Balaban J connectivity index is 2.24. The van der Waals surface area contributed by atoms with Gasteiger partial charge in [0.05, 0.1) is 0 Å². The van der Waals surface area contributed by atoms with E-state index in [0.29, 0.717) is 17.6 Å². The number of rotatable bonds is 3. The molecule has 0 bridgehead atoms. The van der Waals surface area contributed by atoms with Gasteiger partial charge >= 0.3 is 0 Å². The molecule has 1 fully saturated rings. The first-order valence-corrected chi connectivity index (χ1v) is 6.38. The molecule has 4 nitrogen and oxygen atoms in total. The van der Waals surface area contributed by atoms with Crippen molar-refractivity contribution in [3.05, 3.63) is 17.6 Å². The van der Waals surface area contributed by atoms with Crippen LogP contribution in [0.1, 0.15) is 62.6 Å². The third-order valence-corrected chi connectivity index (χ3v) is 3.52. The second kappa shape index (κ2) is 5.45. The van der Waals surface area contributed by atoms with Crippen molar-refractivity contribution in [2.45, 2.75) is 51.0 Å². The zero-order valence-electron chi connectivity index (χ0n) is 10.6. The molecule has 0 radical (unpaired) electrons. The average Bonchev–Trinajstić information content (AvgIpc) is 2.38. The molecular formula is C13H21N3O. The Kier molecular flexibility index (Phi) is 3.94. The standard InChI is InChI=1S/C13H21N3O/c1-9(17-2)13-15-11(8-12(14)16-13)10-6-4-3-5-7-10/h8-10H,3-7H2,1-2H3,(H2,14,15,16). The highest BCUT2D eigenvalue weighted by atomic mass is 16.5. The van der Waals surface area contributed by atoms with Crippen LogP contribution in [0.3, 0.4) is 0 Å². The minimum Gasteiger partial charge on any atom is -0.384 e. The van der Waals surface area contributed by atoms with E-state index < -0.39 is 0 Å². The molecule has 1 aliphatic carbocycles. The average molecular weight is 235 g/mol. The predicted molar refractivity (Wildman–Crippen MR) is 67.7 cm³/mol. The first kappa shape index (κ1) is 12.3. The quantitative estimate of drug-likeness (QED) is 0.875. The summed E-state index contributed by atoms with van der Waals surface area (Å²) in [4.78, 5) is 8.85. The van der Waals surface area contributed by atoms with Crippen molar-refractivity contribution >= 4 is 5.82 Å². The van der Waals surface area contributed by atoms with Gasteiger partial charge in [0, 0.05) is 24.8 Å². The van der Waals surface area contributed by atoms with Crippen molar-refractivity contribution in [2.75, 3.05) is 12.8 Å². The highest BCUT2D eigenvalue weighted by molar-refractivity contribution is 5.32. The van der Waals surface area contributed by atoms with Gasteiger partial charge in [0.25, 0.3) is 0 Å². The van der Waals surface area contributed by atoms with Crippen molar-refractivity contribution in [1.29, 1.82) is 0 Å². The fraction of sp³-hybridized carbons (Fsp3) is 0.692. The molecule has 0 amide bonds. The van der Waals surface area contributed by atoms with Gasteiger partial charge in [-0.1, -0.05) is 19.3 Å². The molecule has 0 aliphatic heterocycles. The van der Waals surface area contributed by atoms with Crippen molar-refractivity contribution in [2.24, 2.45) is 0 Å². The van der Waals surface area contributed by atoms with Crippen LogP contribution in [0.15, 0.2) is 6.07 Å². The van der Waals surface area contributed by atoms with Crippen LogP contribution in [0.2, 0.25) is 0 Å². The summed E-state index contributed by atoms with van der Waals surface area (Å²) in [5.41, 5.74) is 6.95. The number of nitrogens with two attached hydrogens (primary N) is 1. The number of anilines is 1. The van der Waals surface area contributed by atoms with Crippen LogP contribution in [-0.4, -0.2) is 17.1 Å². The summed E-state index contributed by atoms with van der Waals surface area (Å²) in [5.74, 6) is 1.81. The molecule has 94 valence electrons. The number of aromatic nitrogens is 2. The highest BCUT2D eigenvalue weighted by Gasteiger charge is 2.19. The molecule has 1 atom stereocenters. The van der Waals surface area contributed by atoms with E-state index in [1.165, 1.54) is 32.1 Å². The van der Waals surface area contributed by atoms with E-state index in [-0.39, 0.29) is 6.10 Å². The summed E-state index contributed by atoms with van der Waals surface area (Å²) in [6, 6.07) is 1.92. The number of nitrogens with zero attached hydrogens (tertiary/aromatic N) is 2. The van der Waals surface area contributed by atoms with Crippen molar-refractivity contribution < 1.29 is 4.74 Å². The molecular weight excluding hydrogens is 214 g/mol. The first-order valence-electron chi connectivity index (χ1n) is 6.38. The summed E-state index contributed by atoms with van der Waals surface area (Å²) < 4.78 is 5.25. The minimum absolute atomic E-state index is 0.0964. The second-order valence-electron chi connectivity index (χ2n) is 4.79. The van der Waals surface area contributed by atoms with Crippen molar-refractivity contribution in [1.82, 2.24) is 9.97 Å².